The third-order valence-electron chi connectivity index (χ3n) is 7.07. The zero-order valence-electron chi connectivity index (χ0n) is 20.2. The van der Waals surface area contributed by atoms with Crippen LogP contribution < -0.4 is 10.6 Å². The SMILES string of the molecule is Cc1ccccc1C(=O)N[C@@H]1CCCC[C@H]1NC(=O)[C@H]1CCCN(S(=O)(=O)c2cc(Cl)ccc2Cl)C1. The predicted molar refractivity (Wildman–Crippen MR) is 141 cm³/mol. The molecule has 0 spiro atoms. The molecule has 36 heavy (non-hydrogen) atoms. The van der Waals surface area contributed by atoms with Gasteiger partial charge in [-0.1, -0.05) is 54.2 Å². The monoisotopic (exact) mass is 551 g/mol. The molecule has 2 aromatic rings. The van der Waals surface area contributed by atoms with Crippen molar-refractivity contribution in [3.63, 3.8) is 0 Å². The molecule has 4 rings (SSSR count). The molecule has 1 saturated heterocycles. The molecule has 7 nitrogen and oxygen atoms in total. The number of rotatable bonds is 6. The van der Waals surface area contributed by atoms with E-state index >= 15 is 0 Å². The van der Waals surface area contributed by atoms with Crippen LogP contribution in [0.4, 0.5) is 0 Å². The number of aryl methyl sites for hydroxylation is 1. The number of nitrogens with one attached hydrogen (secondary N) is 2. The van der Waals surface area contributed by atoms with Gasteiger partial charge in [0.15, 0.2) is 0 Å². The summed E-state index contributed by atoms with van der Waals surface area (Å²) in [5.41, 5.74) is 1.52. The molecule has 10 heteroatoms. The largest absolute Gasteiger partial charge is 0.351 e. The van der Waals surface area contributed by atoms with Crippen molar-refractivity contribution in [1.82, 2.24) is 14.9 Å². The van der Waals surface area contributed by atoms with E-state index in [0.717, 1.165) is 31.2 Å². The van der Waals surface area contributed by atoms with Crippen LogP contribution in [0, 0.1) is 12.8 Å². The van der Waals surface area contributed by atoms with Gasteiger partial charge in [0.25, 0.3) is 5.91 Å². The number of hydrogen-bond acceptors (Lipinski definition) is 4. The molecule has 2 amide bonds. The fourth-order valence-corrected chi connectivity index (χ4v) is 7.30. The second-order valence-corrected chi connectivity index (χ2v) is 12.3. The molecule has 0 bridgehead atoms. The second kappa shape index (κ2) is 11.5. The van der Waals surface area contributed by atoms with Crippen LogP contribution in [0.2, 0.25) is 10.0 Å². The number of carbonyl (C=O) groups is 2. The van der Waals surface area contributed by atoms with Crippen LogP contribution in [0.3, 0.4) is 0 Å². The molecule has 2 fully saturated rings. The Morgan fingerprint density at radius 2 is 1.64 bits per heavy atom. The smallest absolute Gasteiger partial charge is 0.251 e. The molecule has 1 heterocycles. The van der Waals surface area contributed by atoms with Gasteiger partial charge in [-0.25, -0.2) is 8.42 Å². The Morgan fingerprint density at radius 3 is 2.36 bits per heavy atom. The number of halogens is 2. The zero-order valence-corrected chi connectivity index (χ0v) is 22.5. The van der Waals surface area contributed by atoms with E-state index in [4.69, 9.17) is 23.2 Å². The van der Waals surface area contributed by atoms with Gasteiger partial charge in [0.2, 0.25) is 15.9 Å². The molecule has 1 aliphatic carbocycles. The van der Waals surface area contributed by atoms with Crippen LogP contribution in [0.5, 0.6) is 0 Å². The Bertz CT molecular complexity index is 1240. The number of sulfonamides is 1. The molecule has 2 N–H and O–H groups in total. The first-order valence-corrected chi connectivity index (χ1v) is 14.5. The highest BCUT2D eigenvalue weighted by Gasteiger charge is 2.36. The van der Waals surface area contributed by atoms with Gasteiger partial charge in [-0.2, -0.15) is 4.31 Å². The standard InChI is InChI=1S/C26H31Cl2N3O4S/c1-17-7-2-3-9-20(17)26(33)30-23-11-5-4-10-22(23)29-25(32)18-8-6-14-31(16-18)36(34,35)24-15-19(27)12-13-21(24)28/h2-3,7,9,12-13,15,18,22-23H,4-6,8,10-11,14,16H2,1H3,(H,29,32)(H,30,33)/t18-,22+,23+/m0/s1. The van der Waals surface area contributed by atoms with E-state index in [1.807, 2.05) is 25.1 Å². The van der Waals surface area contributed by atoms with E-state index in [2.05, 4.69) is 10.6 Å². The molecule has 1 saturated carbocycles. The molecule has 0 aromatic heterocycles. The van der Waals surface area contributed by atoms with Crippen molar-refractivity contribution in [3.8, 4) is 0 Å². The number of piperidine rings is 1. The fourth-order valence-electron chi connectivity index (χ4n) is 5.04. The molecule has 3 atom stereocenters. The normalized spacial score (nSPS) is 23.1. The average Bonchev–Trinajstić information content (AvgIpc) is 2.87. The maximum absolute atomic E-state index is 13.3. The van der Waals surface area contributed by atoms with Crippen LogP contribution in [0.1, 0.15) is 54.4 Å². The van der Waals surface area contributed by atoms with Crippen LogP contribution in [0.25, 0.3) is 0 Å². The minimum Gasteiger partial charge on any atom is -0.351 e. The summed E-state index contributed by atoms with van der Waals surface area (Å²) in [7, 11) is -3.90. The Morgan fingerprint density at radius 1 is 0.944 bits per heavy atom. The Labute approximate surface area is 222 Å². The van der Waals surface area contributed by atoms with Gasteiger partial charge in [0.05, 0.1) is 10.9 Å². The second-order valence-electron chi connectivity index (χ2n) is 9.57. The topological polar surface area (TPSA) is 95.6 Å². The highest BCUT2D eigenvalue weighted by atomic mass is 35.5. The van der Waals surface area contributed by atoms with Gasteiger partial charge in [-0.15, -0.1) is 0 Å². The zero-order chi connectivity index (χ0) is 25.9. The van der Waals surface area contributed by atoms with E-state index in [1.165, 1.54) is 22.5 Å². The summed E-state index contributed by atoms with van der Waals surface area (Å²) in [5, 5.41) is 6.61. The van der Waals surface area contributed by atoms with Crippen LogP contribution in [-0.4, -0.2) is 49.7 Å². The van der Waals surface area contributed by atoms with Crippen molar-refractivity contribution in [2.45, 2.75) is 62.4 Å². The van der Waals surface area contributed by atoms with Crippen LogP contribution in [0.15, 0.2) is 47.4 Å². The van der Waals surface area contributed by atoms with Gasteiger partial charge < -0.3 is 10.6 Å². The summed E-state index contributed by atoms with van der Waals surface area (Å²) in [6.07, 6.45) is 4.63. The van der Waals surface area contributed by atoms with E-state index in [9.17, 15) is 18.0 Å². The molecule has 194 valence electrons. The summed E-state index contributed by atoms with van der Waals surface area (Å²) < 4.78 is 27.8. The van der Waals surface area contributed by atoms with Crippen molar-refractivity contribution >= 4 is 45.0 Å². The molecule has 2 aromatic carbocycles. The van der Waals surface area contributed by atoms with Crippen molar-refractivity contribution in [3.05, 3.63) is 63.6 Å². The lowest BCUT2D eigenvalue weighted by Gasteiger charge is -2.36. The van der Waals surface area contributed by atoms with Gasteiger partial charge >= 0.3 is 0 Å². The number of hydrogen-bond donors (Lipinski definition) is 2. The highest BCUT2D eigenvalue weighted by Crippen LogP contribution is 2.31. The first-order valence-electron chi connectivity index (χ1n) is 12.3. The molecular formula is C26H31Cl2N3O4S. The number of nitrogens with zero attached hydrogens (tertiary/aromatic N) is 1. The summed E-state index contributed by atoms with van der Waals surface area (Å²) in [6.45, 7) is 2.28. The predicted octanol–water partition coefficient (Wildman–Crippen LogP) is 4.56. The van der Waals surface area contributed by atoms with Gasteiger partial charge in [0.1, 0.15) is 4.90 Å². The van der Waals surface area contributed by atoms with E-state index in [0.29, 0.717) is 24.9 Å². The number of carbonyl (C=O) groups excluding carboxylic acids is 2. The van der Waals surface area contributed by atoms with Crippen molar-refractivity contribution < 1.29 is 18.0 Å². The van der Waals surface area contributed by atoms with E-state index in [1.54, 1.807) is 6.07 Å². The quantitative estimate of drug-likeness (QED) is 0.550. The lowest BCUT2D eigenvalue weighted by atomic mass is 9.89. The molecule has 2 aliphatic rings. The molecular weight excluding hydrogens is 521 g/mol. The maximum Gasteiger partial charge on any atom is 0.251 e. The Balaban J connectivity index is 1.43. The number of benzene rings is 2. The van der Waals surface area contributed by atoms with Crippen LogP contribution in [-0.2, 0) is 14.8 Å². The summed E-state index contributed by atoms with van der Waals surface area (Å²) >= 11 is 12.2. The summed E-state index contributed by atoms with van der Waals surface area (Å²) in [5.74, 6) is -0.817. The Kier molecular flexibility index (Phi) is 8.60. The lowest BCUT2D eigenvalue weighted by molar-refractivity contribution is -0.127. The van der Waals surface area contributed by atoms with Gasteiger partial charge in [-0.3, -0.25) is 9.59 Å². The van der Waals surface area contributed by atoms with Gasteiger partial charge in [0, 0.05) is 35.8 Å². The van der Waals surface area contributed by atoms with E-state index < -0.39 is 15.9 Å². The minimum atomic E-state index is -3.90. The number of amides is 2. The fraction of sp³-hybridized carbons (Fsp3) is 0.462. The first kappa shape index (κ1) is 26.9. The van der Waals surface area contributed by atoms with E-state index in [-0.39, 0.29) is 45.4 Å². The van der Waals surface area contributed by atoms with Crippen molar-refractivity contribution in [2.75, 3.05) is 13.1 Å². The molecule has 0 unspecified atom stereocenters. The summed E-state index contributed by atoms with van der Waals surface area (Å²) in [4.78, 5) is 26.1. The first-order chi connectivity index (χ1) is 17.2. The maximum atomic E-state index is 13.3. The minimum absolute atomic E-state index is 0.0519. The lowest BCUT2D eigenvalue weighted by Crippen LogP contribution is -2.55. The van der Waals surface area contributed by atoms with Crippen molar-refractivity contribution in [2.24, 2.45) is 5.92 Å². The third-order valence-corrected chi connectivity index (χ3v) is 9.65. The third kappa shape index (κ3) is 6.05. The van der Waals surface area contributed by atoms with Crippen LogP contribution >= 0.6 is 23.2 Å². The Hall–Kier alpha value is -2.13. The molecule has 0 radical (unpaired) electrons. The average molecular weight is 553 g/mol. The van der Waals surface area contributed by atoms with Crippen molar-refractivity contribution in [1.29, 1.82) is 0 Å². The highest BCUT2D eigenvalue weighted by molar-refractivity contribution is 7.89. The van der Waals surface area contributed by atoms with Gasteiger partial charge in [-0.05, 0) is 62.4 Å². The summed E-state index contributed by atoms with van der Waals surface area (Å²) in [6, 6.07) is 11.4. The molecule has 1 aliphatic heterocycles.